The number of likely N-dealkylation sites (tertiary alicyclic amines) is 1. The highest BCUT2D eigenvalue weighted by molar-refractivity contribution is 9.10. The second-order valence-electron chi connectivity index (χ2n) is 6.20. The average Bonchev–Trinajstić information content (AvgIpc) is 3.27. The number of benzene rings is 1. The highest BCUT2D eigenvalue weighted by Gasteiger charge is 2.31. The normalized spacial score (nSPS) is 23.8. The standard InChI is InChI=1S/C17H23BrN2O4S/c1-23-14-9-11(16-19-13(10-25-16)17(21)22)8-12(18)15(14)24-7-6-20-4-2-3-5-20/h8-9,13,16,19H,2-7,10H2,1H3,(H,21,22). The lowest BCUT2D eigenvalue weighted by atomic mass is 10.2. The van der Waals surface area contributed by atoms with E-state index >= 15 is 0 Å². The number of hydrogen-bond acceptors (Lipinski definition) is 6. The Morgan fingerprint density at radius 2 is 2.20 bits per heavy atom. The van der Waals surface area contributed by atoms with Gasteiger partial charge >= 0.3 is 5.97 Å². The maximum Gasteiger partial charge on any atom is 0.321 e. The van der Waals surface area contributed by atoms with Crippen molar-refractivity contribution in [1.82, 2.24) is 10.2 Å². The molecule has 138 valence electrons. The van der Waals surface area contributed by atoms with Gasteiger partial charge < -0.3 is 14.6 Å². The van der Waals surface area contributed by atoms with Crippen LogP contribution in [0.15, 0.2) is 16.6 Å². The van der Waals surface area contributed by atoms with Crippen LogP contribution >= 0.6 is 27.7 Å². The Morgan fingerprint density at radius 3 is 2.84 bits per heavy atom. The molecule has 1 aromatic rings. The van der Waals surface area contributed by atoms with Crippen LogP contribution in [0.2, 0.25) is 0 Å². The third kappa shape index (κ3) is 4.61. The van der Waals surface area contributed by atoms with Crippen molar-refractivity contribution in [2.45, 2.75) is 24.3 Å². The van der Waals surface area contributed by atoms with E-state index in [0.29, 0.717) is 23.9 Å². The fourth-order valence-electron chi connectivity index (χ4n) is 3.12. The Labute approximate surface area is 160 Å². The van der Waals surface area contributed by atoms with E-state index in [9.17, 15) is 4.79 Å². The van der Waals surface area contributed by atoms with Crippen molar-refractivity contribution < 1.29 is 19.4 Å². The van der Waals surface area contributed by atoms with Crippen LogP contribution in [0.3, 0.4) is 0 Å². The number of hydrogen-bond donors (Lipinski definition) is 2. The van der Waals surface area contributed by atoms with Crippen LogP contribution in [0.25, 0.3) is 0 Å². The maximum absolute atomic E-state index is 11.1. The largest absolute Gasteiger partial charge is 0.493 e. The molecule has 3 rings (SSSR count). The topological polar surface area (TPSA) is 71.0 Å². The molecule has 0 spiro atoms. The first-order chi connectivity index (χ1) is 12.1. The van der Waals surface area contributed by atoms with Crippen LogP contribution < -0.4 is 14.8 Å². The van der Waals surface area contributed by atoms with Gasteiger partial charge in [-0.15, -0.1) is 11.8 Å². The molecule has 2 N–H and O–H groups in total. The molecule has 0 aliphatic carbocycles. The van der Waals surface area contributed by atoms with E-state index < -0.39 is 12.0 Å². The summed E-state index contributed by atoms with van der Waals surface area (Å²) < 4.78 is 12.3. The van der Waals surface area contributed by atoms with Gasteiger partial charge in [-0.05, 0) is 59.6 Å². The van der Waals surface area contributed by atoms with Gasteiger partial charge in [-0.2, -0.15) is 0 Å². The maximum atomic E-state index is 11.1. The molecular formula is C17H23BrN2O4S. The quantitative estimate of drug-likeness (QED) is 0.688. The van der Waals surface area contributed by atoms with Crippen molar-refractivity contribution in [3.8, 4) is 11.5 Å². The molecule has 8 heteroatoms. The zero-order valence-electron chi connectivity index (χ0n) is 14.2. The Morgan fingerprint density at radius 1 is 1.44 bits per heavy atom. The van der Waals surface area contributed by atoms with E-state index in [1.54, 1.807) is 18.9 Å². The summed E-state index contributed by atoms with van der Waals surface area (Å²) >= 11 is 5.16. The summed E-state index contributed by atoms with van der Waals surface area (Å²) in [6.07, 6.45) is 2.54. The fraction of sp³-hybridized carbons (Fsp3) is 0.588. The number of thioether (sulfide) groups is 1. The number of ether oxygens (including phenoxy) is 2. The predicted molar refractivity (Wildman–Crippen MR) is 102 cm³/mol. The molecule has 25 heavy (non-hydrogen) atoms. The summed E-state index contributed by atoms with van der Waals surface area (Å²) in [5.41, 5.74) is 0.976. The third-order valence-electron chi connectivity index (χ3n) is 4.49. The first kappa shape index (κ1) is 18.8. The van der Waals surface area contributed by atoms with Gasteiger partial charge in [-0.3, -0.25) is 15.0 Å². The molecule has 2 atom stereocenters. The number of nitrogens with zero attached hydrogens (tertiary/aromatic N) is 1. The molecule has 0 aromatic heterocycles. The zero-order chi connectivity index (χ0) is 17.8. The van der Waals surface area contributed by atoms with Crippen LogP contribution in [0.4, 0.5) is 0 Å². The summed E-state index contributed by atoms with van der Waals surface area (Å²) in [7, 11) is 1.62. The summed E-state index contributed by atoms with van der Waals surface area (Å²) in [4.78, 5) is 13.5. The van der Waals surface area contributed by atoms with Gasteiger partial charge in [0.2, 0.25) is 0 Å². The highest BCUT2D eigenvalue weighted by Crippen LogP contribution is 2.42. The van der Waals surface area contributed by atoms with Gasteiger partial charge in [-0.25, -0.2) is 0 Å². The Bertz CT molecular complexity index is 625. The van der Waals surface area contributed by atoms with Crippen molar-refractivity contribution >= 4 is 33.7 Å². The lowest BCUT2D eigenvalue weighted by molar-refractivity contribution is -0.138. The van der Waals surface area contributed by atoms with Gasteiger partial charge in [0.25, 0.3) is 0 Å². The highest BCUT2D eigenvalue weighted by atomic mass is 79.9. The number of aliphatic carboxylic acids is 1. The Hall–Kier alpha value is -0.960. The van der Waals surface area contributed by atoms with E-state index in [0.717, 1.165) is 29.7 Å². The minimum absolute atomic E-state index is 0.0649. The number of carbonyl (C=O) groups is 1. The van der Waals surface area contributed by atoms with Gasteiger partial charge in [-0.1, -0.05) is 0 Å². The minimum Gasteiger partial charge on any atom is -0.493 e. The SMILES string of the molecule is COc1cc(C2NC(C(=O)O)CS2)cc(Br)c1OCCN1CCCC1. The van der Waals surface area contributed by atoms with Crippen LogP contribution in [0.5, 0.6) is 11.5 Å². The molecule has 0 saturated carbocycles. The van der Waals surface area contributed by atoms with Gasteiger partial charge in [0.15, 0.2) is 11.5 Å². The lowest BCUT2D eigenvalue weighted by Gasteiger charge is -2.19. The fourth-order valence-corrected chi connectivity index (χ4v) is 4.91. The predicted octanol–water partition coefficient (Wildman–Crippen LogP) is 2.72. The molecular weight excluding hydrogens is 408 g/mol. The van der Waals surface area contributed by atoms with E-state index in [-0.39, 0.29) is 5.37 Å². The van der Waals surface area contributed by atoms with Crippen molar-refractivity contribution in [3.05, 3.63) is 22.2 Å². The van der Waals surface area contributed by atoms with Crippen molar-refractivity contribution in [3.63, 3.8) is 0 Å². The smallest absolute Gasteiger partial charge is 0.321 e. The number of carboxylic acid groups (broad SMARTS) is 1. The molecule has 1 aromatic carbocycles. The molecule has 0 amide bonds. The van der Waals surface area contributed by atoms with Crippen LogP contribution in [-0.2, 0) is 4.79 Å². The second kappa shape index (κ2) is 8.62. The first-order valence-corrected chi connectivity index (χ1v) is 10.3. The minimum atomic E-state index is -0.817. The molecule has 2 saturated heterocycles. The summed E-state index contributed by atoms with van der Waals surface area (Å²) in [6.45, 7) is 3.83. The van der Waals surface area contributed by atoms with Crippen LogP contribution in [0.1, 0.15) is 23.8 Å². The number of carboxylic acids is 1. The van der Waals surface area contributed by atoms with Crippen molar-refractivity contribution in [1.29, 1.82) is 0 Å². The van der Waals surface area contributed by atoms with E-state index in [4.69, 9.17) is 14.6 Å². The molecule has 6 nitrogen and oxygen atoms in total. The molecule has 2 fully saturated rings. The molecule has 0 bridgehead atoms. The summed E-state index contributed by atoms with van der Waals surface area (Å²) in [6, 6.07) is 3.38. The van der Waals surface area contributed by atoms with Crippen molar-refractivity contribution in [2.75, 3.05) is 39.1 Å². The molecule has 2 heterocycles. The molecule has 2 aliphatic rings. The first-order valence-electron chi connectivity index (χ1n) is 8.41. The monoisotopic (exact) mass is 430 g/mol. The van der Waals surface area contributed by atoms with Gasteiger partial charge in [0.05, 0.1) is 17.0 Å². The second-order valence-corrected chi connectivity index (χ2v) is 8.19. The molecule has 2 aliphatic heterocycles. The van der Waals surface area contributed by atoms with Crippen molar-refractivity contribution in [2.24, 2.45) is 0 Å². The summed E-state index contributed by atoms with van der Waals surface area (Å²) in [5.74, 6) is 1.09. The average molecular weight is 431 g/mol. The molecule has 2 unspecified atom stereocenters. The zero-order valence-corrected chi connectivity index (χ0v) is 16.6. The Balaban J connectivity index is 1.67. The third-order valence-corrected chi connectivity index (χ3v) is 6.34. The van der Waals surface area contributed by atoms with Crippen LogP contribution in [0, 0.1) is 0 Å². The lowest BCUT2D eigenvalue weighted by Crippen LogP contribution is -2.33. The van der Waals surface area contributed by atoms with Gasteiger partial charge in [0.1, 0.15) is 12.6 Å². The number of methoxy groups -OCH3 is 1. The summed E-state index contributed by atoms with van der Waals surface area (Å²) in [5, 5.41) is 12.2. The molecule has 0 radical (unpaired) electrons. The number of nitrogens with one attached hydrogen (secondary N) is 1. The number of rotatable bonds is 7. The number of halogens is 1. The van der Waals surface area contributed by atoms with E-state index in [1.807, 2.05) is 12.1 Å². The van der Waals surface area contributed by atoms with E-state index in [1.165, 1.54) is 12.8 Å². The van der Waals surface area contributed by atoms with Crippen LogP contribution in [-0.4, -0.2) is 61.1 Å². The Kier molecular flexibility index (Phi) is 6.49. The van der Waals surface area contributed by atoms with E-state index in [2.05, 4.69) is 26.1 Å². The van der Waals surface area contributed by atoms with Gasteiger partial charge in [0, 0.05) is 12.3 Å².